The molecule has 0 spiro atoms. The van der Waals surface area contributed by atoms with Gasteiger partial charge in [-0.15, -0.1) is 0 Å². The molecule has 0 radical (unpaired) electrons. The van der Waals surface area contributed by atoms with Crippen LogP contribution < -0.4 is 15.2 Å². The lowest BCUT2D eigenvalue weighted by Gasteiger charge is -2.10. The molecule has 1 aromatic rings. The Morgan fingerprint density at radius 3 is 2.33 bits per heavy atom. The van der Waals surface area contributed by atoms with Gasteiger partial charge in [0.05, 0.1) is 14.2 Å². The van der Waals surface area contributed by atoms with Gasteiger partial charge in [0.15, 0.2) is 17.3 Å². The normalized spacial score (nSPS) is 11.3. The zero-order valence-electron chi connectivity index (χ0n) is 8.32. The van der Waals surface area contributed by atoms with E-state index in [0.717, 1.165) is 0 Å². The van der Waals surface area contributed by atoms with Crippen molar-refractivity contribution in [2.45, 2.75) is 0 Å². The van der Waals surface area contributed by atoms with Crippen LogP contribution in [-0.4, -0.2) is 25.3 Å². The van der Waals surface area contributed by atoms with Gasteiger partial charge in [-0.2, -0.15) is 0 Å². The van der Waals surface area contributed by atoms with Gasteiger partial charge in [0.25, 0.3) is 0 Å². The number of nitrogens with two attached hydrogens (primary N) is 1. The van der Waals surface area contributed by atoms with Crippen molar-refractivity contribution in [3.05, 3.63) is 22.2 Å². The number of amidine groups is 1. The zero-order valence-corrected chi connectivity index (χ0v) is 9.91. The quantitative estimate of drug-likeness (QED) is 0.380. The van der Waals surface area contributed by atoms with E-state index in [0.29, 0.717) is 21.5 Å². The van der Waals surface area contributed by atoms with Crippen LogP contribution in [0, 0.1) is 0 Å². The van der Waals surface area contributed by atoms with Gasteiger partial charge >= 0.3 is 0 Å². The van der Waals surface area contributed by atoms with E-state index in [4.69, 9.17) is 20.4 Å². The predicted molar refractivity (Wildman–Crippen MR) is 59.8 cm³/mol. The molecule has 0 amide bonds. The molecule has 0 atom stereocenters. The minimum Gasteiger partial charge on any atom is -0.493 e. The van der Waals surface area contributed by atoms with Gasteiger partial charge in [-0.1, -0.05) is 5.16 Å². The summed E-state index contributed by atoms with van der Waals surface area (Å²) in [6, 6.07) is 3.31. The fraction of sp³-hybridized carbons (Fsp3) is 0.222. The standard InChI is InChI=1S/C9H11BrN2O3/c1-14-7-3-5(9(11)12-13)6(10)4-8(7)15-2/h3-4,13H,1-2H3,(H2,11,12). The van der Waals surface area contributed by atoms with Gasteiger partial charge in [-0.05, 0) is 28.1 Å². The molecule has 1 aromatic carbocycles. The van der Waals surface area contributed by atoms with Gasteiger partial charge in [0.2, 0.25) is 0 Å². The summed E-state index contributed by atoms with van der Waals surface area (Å²) in [6.45, 7) is 0. The van der Waals surface area contributed by atoms with Crippen molar-refractivity contribution < 1.29 is 14.7 Å². The van der Waals surface area contributed by atoms with Crippen LogP contribution in [0.15, 0.2) is 21.8 Å². The summed E-state index contributed by atoms with van der Waals surface area (Å²) >= 11 is 3.29. The molecular weight excluding hydrogens is 264 g/mol. The smallest absolute Gasteiger partial charge is 0.171 e. The number of rotatable bonds is 3. The minimum absolute atomic E-state index is 0.00262. The summed E-state index contributed by atoms with van der Waals surface area (Å²) in [5.74, 6) is 1.09. The van der Waals surface area contributed by atoms with Crippen molar-refractivity contribution >= 4 is 21.8 Å². The number of methoxy groups -OCH3 is 2. The Morgan fingerprint density at radius 2 is 1.87 bits per heavy atom. The van der Waals surface area contributed by atoms with Crippen molar-refractivity contribution in [1.29, 1.82) is 0 Å². The second kappa shape index (κ2) is 4.88. The monoisotopic (exact) mass is 274 g/mol. The molecule has 0 bridgehead atoms. The largest absolute Gasteiger partial charge is 0.493 e. The van der Waals surface area contributed by atoms with Crippen LogP contribution in [0.25, 0.3) is 0 Å². The number of hydrogen-bond acceptors (Lipinski definition) is 4. The summed E-state index contributed by atoms with van der Waals surface area (Å²) in [7, 11) is 3.05. The third-order valence-electron chi connectivity index (χ3n) is 1.86. The van der Waals surface area contributed by atoms with E-state index in [9.17, 15) is 0 Å². The average molecular weight is 275 g/mol. The molecular formula is C9H11BrN2O3. The van der Waals surface area contributed by atoms with E-state index in [2.05, 4.69) is 21.1 Å². The summed E-state index contributed by atoms with van der Waals surface area (Å²) < 4.78 is 10.8. The zero-order chi connectivity index (χ0) is 11.4. The van der Waals surface area contributed by atoms with Crippen LogP contribution in [0.2, 0.25) is 0 Å². The Labute approximate surface area is 95.6 Å². The summed E-state index contributed by atoms with van der Waals surface area (Å²) in [4.78, 5) is 0. The summed E-state index contributed by atoms with van der Waals surface area (Å²) in [6.07, 6.45) is 0. The molecule has 6 heteroatoms. The summed E-state index contributed by atoms with van der Waals surface area (Å²) in [5.41, 5.74) is 6.02. The number of oxime groups is 1. The molecule has 0 aromatic heterocycles. The second-order valence-electron chi connectivity index (χ2n) is 2.67. The van der Waals surface area contributed by atoms with E-state index in [1.807, 2.05) is 0 Å². The van der Waals surface area contributed by atoms with Crippen LogP contribution >= 0.6 is 15.9 Å². The fourth-order valence-corrected chi connectivity index (χ4v) is 1.63. The first kappa shape index (κ1) is 11.6. The molecule has 0 aliphatic heterocycles. The van der Waals surface area contributed by atoms with Gasteiger partial charge in [0, 0.05) is 10.0 Å². The highest BCUT2D eigenvalue weighted by Crippen LogP contribution is 2.33. The number of benzene rings is 1. The van der Waals surface area contributed by atoms with Crippen molar-refractivity contribution in [2.75, 3.05) is 14.2 Å². The highest BCUT2D eigenvalue weighted by atomic mass is 79.9. The van der Waals surface area contributed by atoms with Crippen LogP contribution in [0.5, 0.6) is 11.5 Å². The maximum atomic E-state index is 8.57. The molecule has 82 valence electrons. The van der Waals surface area contributed by atoms with Crippen molar-refractivity contribution in [1.82, 2.24) is 0 Å². The van der Waals surface area contributed by atoms with Gasteiger partial charge < -0.3 is 20.4 Å². The Balaban J connectivity index is 3.32. The molecule has 3 N–H and O–H groups in total. The third-order valence-corrected chi connectivity index (χ3v) is 2.51. The Bertz CT molecular complexity index is 393. The molecule has 0 unspecified atom stereocenters. The van der Waals surface area contributed by atoms with Crippen LogP contribution in [0.4, 0.5) is 0 Å². The molecule has 0 saturated heterocycles. The highest BCUT2D eigenvalue weighted by Gasteiger charge is 2.12. The topological polar surface area (TPSA) is 77.1 Å². The first-order valence-corrected chi connectivity index (χ1v) is 4.82. The molecule has 1 rings (SSSR count). The molecule has 0 aliphatic rings. The average Bonchev–Trinajstić information content (AvgIpc) is 2.27. The number of ether oxygens (including phenoxy) is 2. The maximum Gasteiger partial charge on any atom is 0.171 e. The Morgan fingerprint density at radius 1 is 1.33 bits per heavy atom. The lowest BCUT2D eigenvalue weighted by molar-refractivity contribution is 0.318. The Hall–Kier alpha value is -1.43. The SMILES string of the molecule is COc1cc(Br)c(/C(N)=N/O)cc1OC. The van der Waals surface area contributed by atoms with E-state index in [-0.39, 0.29) is 5.84 Å². The number of nitrogens with zero attached hydrogens (tertiary/aromatic N) is 1. The third kappa shape index (κ3) is 2.33. The molecule has 5 nitrogen and oxygen atoms in total. The highest BCUT2D eigenvalue weighted by molar-refractivity contribution is 9.10. The fourth-order valence-electron chi connectivity index (χ4n) is 1.10. The molecule has 0 saturated carbocycles. The predicted octanol–water partition coefficient (Wildman–Crippen LogP) is 1.56. The van der Waals surface area contributed by atoms with Crippen molar-refractivity contribution in [3.8, 4) is 11.5 Å². The first-order chi connectivity index (χ1) is 7.13. The lowest BCUT2D eigenvalue weighted by atomic mass is 10.2. The van der Waals surface area contributed by atoms with Gasteiger partial charge in [0.1, 0.15) is 0 Å². The number of halogens is 1. The van der Waals surface area contributed by atoms with Crippen LogP contribution in [0.1, 0.15) is 5.56 Å². The van der Waals surface area contributed by atoms with E-state index in [1.165, 1.54) is 14.2 Å². The van der Waals surface area contributed by atoms with E-state index < -0.39 is 0 Å². The number of hydrogen-bond donors (Lipinski definition) is 2. The maximum absolute atomic E-state index is 8.57. The summed E-state index contributed by atoms with van der Waals surface area (Å²) in [5, 5.41) is 11.5. The van der Waals surface area contributed by atoms with Crippen molar-refractivity contribution in [3.63, 3.8) is 0 Å². The van der Waals surface area contributed by atoms with Crippen molar-refractivity contribution in [2.24, 2.45) is 10.9 Å². The molecule has 0 fully saturated rings. The van der Waals surface area contributed by atoms with Gasteiger partial charge in [-0.25, -0.2) is 0 Å². The molecule has 0 heterocycles. The van der Waals surface area contributed by atoms with E-state index in [1.54, 1.807) is 12.1 Å². The van der Waals surface area contributed by atoms with Crippen LogP contribution in [-0.2, 0) is 0 Å². The van der Waals surface area contributed by atoms with Crippen LogP contribution in [0.3, 0.4) is 0 Å². The lowest BCUT2D eigenvalue weighted by Crippen LogP contribution is -2.14. The molecule has 0 aliphatic carbocycles. The Kier molecular flexibility index (Phi) is 3.79. The van der Waals surface area contributed by atoms with Gasteiger partial charge in [-0.3, -0.25) is 0 Å². The first-order valence-electron chi connectivity index (χ1n) is 4.03. The minimum atomic E-state index is 0.00262. The second-order valence-corrected chi connectivity index (χ2v) is 3.53. The molecule has 15 heavy (non-hydrogen) atoms. The van der Waals surface area contributed by atoms with E-state index >= 15 is 0 Å².